The standard InChI is InChI=1S/C17H25BrN2/c1-3-16-8-4-12(2)20(16)17-9-5-14(18)10-13(17)11-19-15-6-7-15/h5,9-10,12,15-16,19H,3-4,6-8,11H2,1-2H3. The van der Waals surface area contributed by atoms with Crippen molar-refractivity contribution in [2.24, 2.45) is 0 Å². The molecule has 2 unspecified atom stereocenters. The topological polar surface area (TPSA) is 15.3 Å². The van der Waals surface area contributed by atoms with Crippen LogP contribution < -0.4 is 10.2 Å². The van der Waals surface area contributed by atoms with E-state index in [1.54, 1.807) is 0 Å². The van der Waals surface area contributed by atoms with Crippen LogP contribution in [-0.4, -0.2) is 18.1 Å². The van der Waals surface area contributed by atoms with Crippen molar-refractivity contribution in [2.45, 2.75) is 70.6 Å². The Balaban J connectivity index is 1.86. The Kier molecular flexibility index (Phi) is 4.37. The smallest absolute Gasteiger partial charge is 0.0417 e. The van der Waals surface area contributed by atoms with Gasteiger partial charge in [0.25, 0.3) is 0 Å². The molecule has 3 heteroatoms. The molecular formula is C17H25BrN2. The van der Waals surface area contributed by atoms with Crippen molar-refractivity contribution in [1.82, 2.24) is 5.32 Å². The quantitative estimate of drug-likeness (QED) is 0.853. The normalized spacial score (nSPS) is 26.2. The number of nitrogens with one attached hydrogen (secondary N) is 1. The fraction of sp³-hybridized carbons (Fsp3) is 0.647. The Labute approximate surface area is 131 Å². The lowest BCUT2D eigenvalue weighted by atomic mass is 10.1. The summed E-state index contributed by atoms with van der Waals surface area (Å²) in [6.45, 7) is 5.69. The highest BCUT2D eigenvalue weighted by molar-refractivity contribution is 9.10. The third-order valence-electron chi connectivity index (χ3n) is 4.74. The lowest BCUT2D eigenvalue weighted by Crippen LogP contribution is -2.35. The monoisotopic (exact) mass is 336 g/mol. The van der Waals surface area contributed by atoms with Crippen molar-refractivity contribution in [3.8, 4) is 0 Å². The number of hydrogen-bond donors (Lipinski definition) is 1. The molecule has 1 aliphatic carbocycles. The largest absolute Gasteiger partial charge is 0.366 e. The van der Waals surface area contributed by atoms with Crippen LogP contribution in [0.25, 0.3) is 0 Å². The van der Waals surface area contributed by atoms with Gasteiger partial charge in [-0.05, 0) is 62.8 Å². The first kappa shape index (κ1) is 14.4. The van der Waals surface area contributed by atoms with Crippen LogP contribution in [0.4, 0.5) is 5.69 Å². The highest BCUT2D eigenvalue weighted by atomic mass is 79.9. The van der Waals surface area contributed by atoms with Gasteiger partial charge < -0.3 is 10.2 Å². The van der Waals surface area contributed by atoms with Crippen LogP contribution in [0.5, 0.6) is 0 Å². The van der Waals surface area contributed by atoms with E-state index >= 15 is 0 Å². The average molecular weight is 337 g/mol. The van der Waals surface area contributed by atoms with E-state index in [1.807, 2.05) is 0 Å². The number of anilines is 1. The summed E-state index contributed by atoms with van der Waals surface area (Å²) < 4.78 is 1.19. The van der Waals surface area contributed by atoms with E-state index in [9.17, 15) is 0 Å². The van der Waals surface area contributed by atoms with Crippen molar-refractivity contribution in [3.05, 3.63) is 28.2 Å². The van der Waals surface area contributed by atoms with Crippen LogP contribution in [0, 0.1) is 0 Å². The second-order valence-electron chi connectivity index (χ2n) is 6.32. The van der Waals surface area contributed by atoms with Crippen LogP contribution in [0.15, 0.2) is 22.7 Å². The third kappa shape index (κ3) is 3.04. The molecule has 0 amide bonds. The summed E-state index contributed by atoms with van der Waals surface area (Å²) >= 11 is 3.63. The molecule has 2 aliphatic rings. The van der Waals surface area contributed by atoms with Crippen LogP contribution in [-0.2, 0) is 6.54 Å². The average Bonchev–Trinajstić information content (AvgIpc) is 3.20. The molecule has 110 valence electrons. The SMILES string of the molecule is CCC1CCC(C)N1c1ccc(Br)cc1CNC1CC1. The van der Waals surface area contributed by atoms with E-state index in [1.165, 1.54) is 47.8 Å². The maximum Gasteiger partial charge on any atom is 0.0417 e. The van der Waals surface area contributed by atoms with Gasteiger partial charge in [0.05, 0.1) is 0 Å². The molecule has 1 aromatic carbocycles. The van der Waals surface area contributed by atoms with E-state index in [-0.39, 0.29) is 0 Å². The van der Waals surface area contributed by atoms with E-state index in [2.05, 4.69) is 58.2 Å². The lowest BCUT2D eigenvalue weighted by Gasteiger charge is -2.32. The molecule has 20 heavy (non-hydrogen) atoms. The second kappa shape index (κ2) is 6.07. The zero-order chi connectivity index (χ0) is 14.1. The van der Waals surface area contributed by atoms with E-state index in [0.29, 0.717) is 12.1 Å². The van der Waals surface area contributed by atoms with Crippen LogP contribution in [0.3, 0.4) is 0 Å². The van der Waals surface area contributed by atoms with Crippen molar-refractivity contribution in [3.63, 3.8) is 0 Å². The van der Waals surface area contributed by atoms with Crippen molar-refractivity contribution in [2.75, 3.05) is 4.90 Å². The van der Waals surface area contributed by atoms with Gasteiger partial charge in [0.2, 0.25) is 0 Å². The Hall–Kier alpha value is -0.540. The highest BCUT2D eigenvalue weighted by Crippen LogP contribution is 2.35. The van der Waals surface area contributed by atoms with Gasteiger partial charge in [0.15, 0.2) is 0 Å². The first-order valence-corrected chi connectivity index (χ1v) is 8.78. The number of hydrogen-bond acceptors (Lipinski definition) is 2. The van der Waals surface area contributed by atoms with Crippen molar-refractivity contribution >= 4 is 21.6 Å². The molecule has 1 heterocycles. The fourth-order valence-corrected chi connectivity index (χ4v) is 3.80. The van der Waals surface area contributed by atoms with Gasteiger partial charge in [-0.15, -0.1) is 0 Å². The minimum Gasteiger partial charge on any atom is -0.366 e. The summed E-state index contributed by atoms with van der Waals surface area (Å²) in [5.41, 5.74) is 2.89. The molecular weight excluding hydrogens is 312 g/mol. The van der Waals surface area contributed by atoms with Gasteiger partial charge in [-0.3, -0.25) is 0 Å². The van der Waals surface area contributed by atoms with E-state index in [0.717, 1.165) is 12.6 Å². The van der Waals surface area contributed by atoms with E-state index in [4.69, 9.17) is 0 Å². The minimum absolute atomic E-state index is 0.667. The molecule has 1 aliphatic heterocycles. The van der Waals surface area contributed by atoms with Gasteiger partial charge in [0, 0.05) is 34.8 Å². The molecule has 0 spiro atoms. The van der Waals surface area contributed by atoms with Gasteiger partial charge in [-0.1, -0.05) is 22.9 Å². The number of halogens is 1. The molecule has 1 saturated carbocycles. The Morgan fingerprint density at radius 1 is 1.25 bits per heavy atom. The minimum atomic E-state index is 0.667. The molecule has 0 aromatic heterocycles. The zero-order valence-corrected chi connectivity index (χ0v) is 14.1. The highest BCUT2D eigenvalue weighted by Gasteiger charge is 2.31. The summed E-state index contributed by atoms with van der Waals surface area (Å²) in [6.07, 6.45) is 6.60. The van der Waals surface area contributed by atoms with Crippen molar-refractivity contribution < 1.29 is 0 Å². The van der Waals surface area contributed by atoms with Crippen molar-refractivity contribution in [1.29, 1.82) is 0 Å². The molecule has 2 nitrogen and oxygen atoms in total. The number of benzene rings is 1. The molecule has 3 rings (SSSR count). The number of rotatable bonds is 5. The predicted molar refractivity (Wildman–Crippen MR) is 89.3 cm³/mol. The van der Waals surface area contributed by atoms with Gasteiger partial charge >= 0.3 is 0 Å². The molecule has 2 fully saturated rings. The molecule has 0 radical (unpaired) electrons. The number of nitrogens with zero attached hydrogens (tertiary/aromatic N) is 1. The van der Waals surface area contributed by atoms with Crippen LogP contribution in [0.1, 0.15) is 51.5 Å². The Morgan fingerprint density at radius 3 is 2.75 bits per heavy atom. The summed E-state index contributed by atoms with van der Waals surface area (Å²) in [7, 11) is 0. The summed E-state index contributed by atoms with van der Waals surface area (Å²) in [4.78, 5) is 2.66. The first-order chi connectivity index (χ1) is 9.69. The van der Waals surface area contributed by atoms with Crippen LogP contribution in [0.2, 0.25) is 0 Å². The maximum atomic E-state index is 3.66. The third-order valence-corrected chi connectivity index (χ3v) is 5.23. The summed E-state index contributed by atoms with van der Waals surface area (Å²) in [6, 6.07) is 8.93. The summed E-state index contributed by atoms with van der Waals surface area (Å²) in [5, 5.41) is 3.66. The van der Waals surface area contributed by atoms with Gasteiger partial charge in [-0.2, -0.15) is 0 Å². The fourth-order valence-electron chi connectivity index (χ4n) is 3.40. The Morgan fingerprint density at radius 2 is 2.05 bits per heavy atom. The maximum absolute atomic E-state index is 3.66. The molecule has 1 N–H and O–H groups in total. The van der Waals surface area contributed by atoms with Gasteiger partial charge in [-0.25, -0.2) is 0 Å². The molecule has 1 saturated heterocycles. The lowest BCUT2D eigenvalue weighted by molar-refractivity contribution is 0.619. The zero-order valence-electron chi connectivity index (χ0n) is 12.5. The predicted octanol–water partition coefficient (Wildman–Crippen LogP) is 4.47. The molecule has 2 atom stereocenters. The molecule has 0 bridgehead atoms. The molecule has 1 aromatic rings. The van der Waals surface area contributed by atoms with E-state index < -0.39 is 0 Å². The second-order valence-corrected chi connectivity index (χ2v) is 7.24. The summed E-state index contributed by atoms with van der Waals surface area (Å²) in [5.74, 6) is 0. The first-order valence-electron chi connectivity index (χ1n) is 7.99. The Bertz CT molecular complexity index is 470. The van der Waals surface area contributed by atoms with Gasteiger partial charge in [0.1, 0.15) is 0 Å². The van der Waals surface area contributed by atoms with Crippen LogP contribution >= 0.6 is 15.9 Å².